The summed E-state index contributed by atoms with van der Waals surface area (Å²) in [6.45, 7) is 7.94. The van der Waals surface area contributed by atoms with Crippen LogP contribution in [-0.4, -0.2) is 43.3 Å². The van der Waals surface area contributed by atoms with E-state index in [1.807, 2.05) is 39.1 Å². The fraction of sp³-hybridized carbons (Fsp3) is 0.310. The normalized spacial score (nSPS) is 14.9. The van der Waals surface area contributed by atoms with Crippen molar-refractivity contribution in [2.75, 3.05) is 30.4 Å². The van der Waals surface area contributed by atoms with Gasteiger partial charge in [-0.15, -0.1) is 0 Å². The van der Waals surface area contributed by atoms with Crippen molar-refractivity contribution in [2.45, 2.75) is 39.7 Å². The lowest BCUT2D eigenvalue weighted by Crippen LogP contribution is -2.41. The van der Waals surface area contributed by atoms with Crippen molar-refractivity contribution in [3.63, 3.8) is 0 Å². The number of anilines is 2. The second-order valence-electron chi connectivity index (χ2n) is 9.70. The summed E-state index contributed by atoms with van der Waals surface area (Å²) in [6.07, 6.45) is -0.184. The molecule has 0 bridgehead atoms. The lowest BCUT2D eigenvalue weighted by Gasteiger charge is -2.34. The summed E-state index contributed by atoms with van der Waals surface area (Å²) in [6, 6.07) is 13.3. The molecule has 1 aliphatic heterocycles. The number of rotatable bonds is 7. The number of halogens is 2. The molecule has 7 nitrogen and oxygen atoms in total. The lowest BCUT2D eigenvalue weighted by atomic mass is 10.0. The quantitative estimate of drug-likeness (QED) is 0.417. The van der Waals surface area contributed by atoms with E-state index in [4.69, 9.17) is 14.6 Å². The van der Waals surface area contributed by atoms with Crippen LogP contribution in [0.15, 0.2) is 48.5 Å². The van der Waals surface area contributed by atoms with Gasteiger partial charge in [-0.2, -0.15) is 8.78 Å². The molecule has 4 rings (SSSR count). The number of nitrogens with one attached hydrogen (secondary N) is 1. The van der Waals surface area contributed by atoms with Crippen molar-refractivity contribution < 1.29 is 33.0 Å². The number of benzene rings is 3. The van der Waals surface area contributed by atoms with E-state index < -0.39 is 23.4 Å². The first-order chi connectivity index (χ1) is 17.9. The molecular formula is C29H30F2N2O5. The summed E-state index contributed by atoms with van der Waals surface area (Å²) in [5.41, 5.74) is 3.35. The highest BCUT2D eigenvalue weighted by Crippen LogP contribution is 2.35. The number of aryl methyl sites for hydroxylation is 4. The summed E-state index contributed by atoms with van der Waals surface area (Å²) >= 11 is 0. The summed E-state index contributed by atoms with van der Waals surface area (Å²) in [4.78, 5) is 26.1. The Labute approximate surface area is 220 Å². The van der Waals surface area contributed by atoms with Gasteiger partial charge in [-0.25, -0.2) is 4.79 Å². The fourth-order valence-electron chi connectivity index (χ4n) is 4.46. The third-order valence-corrected chi connectivity index (χ3v) is 6.59. The highest BCUT2D eigenvalue weighted by Gasteiger charge is 2.42. The molecule has 1 heterocycles. The number of likely N-dealkylation sites (N-methyl/N-ethyl adjacent to an activating group) is 1. The SMILES string of the molecule is Cc1ccc2c(c1)O[C@H](COc1cc(C)c(C(=O)Nc3ccc(C)c(C(F)(F)C(=O)O)c3)cc1C)CN2C. The first-order valence-corrected chi connectivity index (χ1v) is 12.1. The fourth-order valence-corrected chi connectivity index (χ4v) is 4.46. The molecule has 3 aromatic rings. The molecule has 9 heteroatoms. The van der Waals surface area contributed by atoms with Gasteiger partial charge in [-0.3, -0.25) is 4.79 Å². The van der Waals surface area contributed by atoms with Gasteiger partial charge in [0.2, 0.25) is 0 Å². The summed E-state index contributed by atoms with van der Waals surface area (Å²) < 4.78 is 40.5. The zero-order valence-corrected chi connectivity index (χ0v) is 21.9. The Bertz CT molecular complexity index is 1410. The molecule has 0 aromatic heterocycles. The number of fused-ring (bicyclic) bond motifs is 1. The van der Waals surface area contributed by atoms with Crippen LogP contribution in [0, 0.1) is 27.7 Å². The van der Waals surface area contributed by atoms with Gasteiger partial charge in [0.1, 0.15) is 24.2 Å². The highest BCUT2D eigenvalue weighted by atomic mass is 19.3. The number of hydrogen-bond donors (Lipinski definition) is 2. The van der Waals surface area contributed by atoms with Crippen molar-refractivity contribution in [2.24, 2.45) is 0 Å². The third kappa shape index (κ3) is 5.41. The van der Waals surface area contributed by atoms with E-state index in [0.717, 1.165) is 28.6 Å². The van der Waals surface area contributed by atoms with E-state index in [0.29, 0.717) is 30.0 Å². The molecular weight excluding hydrogens is 494 g/mol. The van der Waals surface area contributed by atoms with Gasteiger partial charge in [0.25, 0.3) is 5.91 Å². The Balaban J connectivity index is 1.46. The van der Waals surface area contributed by atoms with Crippen LogP contribution in [0.1, 0.15) is 38.2 Å². The number of amides is 1. The van der Waals surface area contributed by atoms with E-state index in [9.17, 15) is 18.4 Å². The maximum atomic E-state index is 14.1. The van der Waals surface area contributed by atoms with Crippen LogP contribution in [0.3, 0.4) is 0 Å². The Morgan fingerprint density at radius 2 is 1.79 bits per heavy atom. The second-order valence-corrected chi connectivity index (χ2v) is 9.70. The number of ether oxygens (including phenoxy) is 2. The molecule has 0 spiro atoms. The minimum Gasteiger partial charge on any atom is -0.489 e. The largest absolute Gasteiger partial charge is 0.489 e. The minimum absolute atomic E-state index is 0.0722. The Kier molecular flexibility index (Phi) is 7.31. The summed E-state index contributed by atoms with van der Waals surface area (Å²) in [7, 11) is 2.01. The average Bonchev–Trinajstić information content (AvgIpc) is 2.84. The van der Waals surface area contributed by atoms with Crippen LogP contribution in [0.25, 0.3) is 0 Å². The molecule has 0 saturated carbocycles. The number of aliphatic carboxylic acids is 1. The number of carbonyl (C=O) groups is 2. The molecule has 1 aliphatic rings. The average molecular weight is 525 g/mol. The number of carboxylic acids is 1. The molecule has 1 amide bonds. The highest BCUT2D eigenvalue weighted by molar-refractivity contribution is 6.05. The van der Waals surface area contributed by atoms with Crippen molar-refractivity contribution >= 4 is 23.3 Å². The van der Waals surface area contributed by atoms with Crippen LogP contribution in [0.2, 0.25) is 0 Å². The van der Waals surface area contributed by atoms with Gasteiger partial charge >= 0.3 is 11.9 Å². The third-order valence-electron chi connectivity index (χ3n) is 6.59. The summed E-state index contributed by atoms with van der Waals surface area (Å²) in [5, 5.41) is 11.5. The van der Waals surface area contributed by atoms with E-state index in [1.165, 1.54) is 19.1 Å². The van der Waals surface area contributed by atoms with Gasteiger partial charge < -0.3 is 24.8 Å². The monoisotopic (exact) mass is 524 g/mol. The molecule has 1 atom stereocenters. The van der Waals surface area contributed by atoms with Gasteiger partial charge in [0.05, 0.1) is 12.2 Å². The van der Waals surface area contributed by atoms with E-state index >= 15 is 0 Å². The van der Waals surface area contributed by atoms with E-state index in [-0.39, 0.29) is 17.4 Å². The standard InChI is InChI=1S/C29H30F2N2O5/c1-16-6-9-24-26(10-16)38-21(14-33(24)5)15-37-25-12-18(3)22(11-19(25)4)27(34)32-20-8-7-17(2)23(13-20)29(30,31)28(35)36/h6-13,21H,14-15H2,1-5H3,(H,32,34)(H,35,36)/t21-/m0/s1. The zero-order chi connectivity index (χ0) is 27.8. The molecule has 0 aliphatic carbocycles. The van der Waals surface area contributed by atoms with Gasteiger partial charge in [0, 0.05) is 23.9 Å². The lowest BCUT2D eigenvalue weighted by molar-refractivity contribution is -0.166. The van der Waals surface area contributed by atoms with Crippen LogP contribution in [-0.2, 0) is 10.7 Å². The first-order valence-electron chi connectivity index (χ1n) is 12.1. The smallest absolute Gasteiger partial charge is 0.379 e. The number of nitrogens with zero attached hydrogens (tertiary/aromatic N) is 1. The van der Waals surface area contributed by atoms with Crippen molar-refractivity contribution in [3.05, 3.63) is 81.9 Å². The number of carboxylic acid groups (broad SMARTS) is 1. The van der Waals surface area contributed by atoms with Crippen LogP contribution in [0.4, 0.5) is 20.2 Å². The molecule has 0 unspecified atom stereocenters. The second kappa shape index (κ2) is 10.3. The van der Waals surface area contributed by atoms with Crippen LogP contribution < -0.4 is 19.7 Å². The Morgan fingerprint density at radius 3 is 2.50 bits per heavy atom. The van der Waals surface area contributed by atoms with Crippen LogP contribution >= 0.6 is 0 Å². The molecule has 0 saturated heterocycles. The van der Waals surface area contributed by atoms with Crippen molar-refractivity contribution in [3.8, 4) is 11.5 Å². The topological polar surface area (TPSA) is 88.1 Å². The molecule has 0 radical (unpaired) electrons. The van der Waals surface area contributed by atoms with Crippen molar-refractivity contribution in [1.82, 2.24) is 0 Å². The van der Waals surface area contributed by atoms with Gasteiger partial charge in [0.15, 0.2) is 0 Å². The molecule has 38 heavy (non-hydrogen) atoms. The van der Waals surface area contributed by atoms with Crippen LogP contribution in [0.5, 0.6) is 11.5 Å². The van der Waals surface area contributed by atoms with E-state index in [1.54, 1.807) is 19.1 Å². The number of hydrogen-bond acceptors (Lipinski definition) is 5. The van der Waals surface area contributed by atoms with Gasteiger partial charge in [-0.1, -0.05) is 12.1 Å². The predicted octanol–water partition coefficient (Wildman–Crippen LogP) is 5.63. The molecule has 2 N–H and O–H groups in total. The summed E-state index contributed by atoms with van der Waals surface area (Å²) in [5.74, 6) is -5.41. The zero-order valence-electron chi connectivity index (χ0n) is 21.9. The maximum absolute atomic E-state index is 14.1. The van der Waals surface area contributed by atoms with E-state index in [2.05, 4.69) is 10.2 Å². The van der Waals surface area contributed by atoms with Crippen molar-refractivity contribution in [1.29, 1.82) is 0 Å². The Hall–Kier alpha value is -4.14. The molecule has 0 fully saturated rings. The molecule has 200 valence electrons. The Morgan fingerprint density at radius 1 is 1.05 bits per heavy atom. The predicted molar refractivity (Wildman–Crippen MR) is 141 cm³/mol. The maximum Gasteiger partial charge on any atom is 0.379 e. The molecule has 3 aromatic carbocycles. The number of carbonyl (C=O) groups excluding carboxylic acids is 1. The number of alkyl halides is 2. The minimum atomic E-state index is -4.08. The first kappa shape index (κ1) is 26.9. The van der Waals surface area contributed by atoms with Gasteiger partial charge in [-0.05, 0) is 86.3 Å².